The molecule has 0 aromatic heterocycles. The molecule has 0 heterocycles. The largest absolute Gasteiger partial charge is 0.481 e. The second-order valence-corrected chi connectivity index (χ2v) is 7.95. The molecule has 0 aliphatic heterocycles. The molecular weight excluding hydrogens is 344 g/mol. The van der Waals surface area contributed by atoms with Crippen molar-refractivity contribution in [2.24, 2.45) is 47.3 Å². The van der Waals surface area contributed by atoms with Gasteiger partial charge in [0, 0.05) is 5.92 Å². The number of ether oxygens (including phenoxy) is 1. The lowest BCUT2D eigenvalue weighted by Crippen LogP contribution is -2.38. The molecule has 140 valence electrons. The van der Waals surface area contributed by atoms with Crippen LogP contribution in [-0.4, -0.2) is 39.2 Å². The summed E-state index contributed by atoms with van der Waals surface area (Å²) in [5.74, 6) is -8.50. The van der Waals surface area contributed by atoms with E-state index in [4.69, 9.17) is 4.74 Å². The highest BCUT2D eigenvalue weighted by molar-refractivity contribution is 5.85. The summed E-state index contributed by atoms with van der Waals surface area (Å²) in [6.07, 6.45) is 4.19. The van der Waals surface area contributed by atoms with Crippen LogP contribution in [0.3, 0.4) is 0 Å². The number of hydrogen-bond donors (Lipinski definition) is 3. The molecule has 4 aliphatic rings. The first-order chi connectivity index (χ1) is 12.3. The molecule has 3 fully saturated rings. The van der Waals surface area contributed by atoms with Crippen LogP contribution in [0.1, 0.15) is 25.7 Å². The van der Waals surface area contributed by atoms with Gasteiger partial charge in [0.05, 0.1) is 23.7 Å². The van der Waals surface area contributed by atoms with Gasteiger partial charge in [0.2, 0.25) is 0 Å². The quantitative estimate of drug-likeness (QED) is 0.619. The van der Waals surface area contributed by atoms with Crippen molar-refractivity contribution >= 4 is 23.9 Å². The minimum absolute atomic E-state index is 0.00479. The van der Waals surface area contributed by atoms with Crippen molar-refractivity contribution in [1.82, 2.24) is 0 Å². The summed E-state index contributed by atoms with van der Waals surface area (Å²) in [5.41, 5.74) is 0. The number of aliphatic carboxylic acids is 3. The van der Waals surface area contributed by atoms with Gasteiger partial charge in [-0.1, -0.05) is 0 Å². The van der Waals surface area contributed by atoms with E-state index in [9.17, 15) is 34.5 Å². The monoisotopic (exact) mass is 364 g/mol. The van der Waals surface area contributed by atoms with Gasteiger partial charge in [0.25, 0.3) is 0 Å². The molecule has 3 saturated carbocycles. The fraction of sp³-hybridized carbons (Fsp3) is 0.667. The molecule has 4 aliphatic carbocycles. The summed E-state index contributed by atoms with van der Waals surface area (Å²) in [7, 11) is 0. The lowest BCUT2D eigenvalue weighted by atomic mass is 9.79. The second-order valence-electron chi connectivity index (χ2n) is 7.95. The lowest BCUT2D eigenvalue weighted by Gasteiger charge is -2.29. The average Bonchev–Trinajstić information content (AvgIpc) is 3.31. The molecule has 0 spiro atoms. The number of esters is 1. The molecule has 4 rings (SSSR count). The van der Waals surface area contributed by atoms with Crippen molar-refractivity contribution in [3.8, 4) is 0 Å². The van der Waals surface area contributed by atoms with Crippen LogP contribution in [0, 0.1) is 47.3 Å². The number of carboxylic acids is 3. The Morgan fingerprint density at radius 3 is 1.96 bits per heavy atom. The maximum Gasteiger partial charge on any atom is 0.315 e. The van der Waals surface area contributed by atoms with Crippen LogP contribution in [-0.2, 0) is 23.9 Å². The SMILES string of the molecule is O=C(O)C1C2C=C(OC(=O)C3C4CCC(C4)C3C(=O)O)C(C2)C1C(=O)O. The van der Waals surface area contributed by atoms with E-state index in [1.54, 1.807) is 6.08 Å². The zero-order valence-electron chi connectivity index (χ0n) is 13.9. The van der Waals surface area contributed by atoms with Crippen LogP contribution in [0.2, 0.25) is 0 Å². The third-order valence-electron chi connectivity index (χ3n) is 6.81. The third kappa shape index (κ3) is 2.34. The number of carbonyl (C=O) groups excluding carboxylic acids is 1. The van der Waals surface area contributed by atoms with Crippen molar-refractivity contribution in [2.75, 3.05) is 0 Å². The Balaban J connectivity index is 1.53. The zero-order chi connectivity index (χ0) is 18.7. The smallest absolute Gasteiger partial charge is 0.315 e. The Bertz CT molecular complexity index is 725. The van der Waals surface area contributed by atoms with Gasteiger partial charge in [-0.2, -0.15) is 0 Å². The zero-order valence-corrected chi connectivity index (χ0v) is 13.9. The lowest BCUT2D eigenvalue weighted by molar-refractivity contribution is -0.160. The highest BCUT2D eigenvalue weighted by Crippen LogP contribution is 2.55. The van der Waals surface area contributed by atoms with Gasteiger partial charge in [-0.05, 0) is 49.5 Å². The number of carbonyl (C=O) groups is 4. The predicted octanol–water partition coefficient (Wildman–Crippen LogP) is 1.21. The molecule has 3 N–H and O–H groups in total. The molecule has 4 bridgehead atoms. The molecule has 8 nitrogen and oxygen atoms in total. The van der Waals surface area contributed by atoms with Crippen LogP contribution in [0.25, 0.3) is 0 Å². The van der Waals surface area contributed by atoms with Crippen LogP contribution < -0.4 is 0 Å². The van der Waals surface area contributed by atoms with Crippen LogP contribution in [0.5, 0.6) is 0 Å². The molecule has 0 saturated heterocycles. The fourth-order valence-corrected chi connectivity index (χ4v) is 5.84. The van der Waals surface area contributed by atoms with Gasteiger partial charge in [0.15, 0.2) is 0 Å². The van der Waals surface area contributed by atoms with E-state index in [0.717, 1.165) is 12.8 Å². The van der Waals surface area contributed by atoms with Crippen LogP contribution >= 0.6 is 0 Å². The molecule has 0 aromatic rings. The number of fused-ring (bicyclic) bond motifs is 4. The topological polar surface area (TPSA) is 138 Å². The van der Waals surface area contributed by atoms with Crippen molar-refractivity contribution in [1.29, 1.82) is 0 Å². The molecular formula is C18H20O8. The number of rotatable bonds is 5. The normalized spacial score (nSPS) is 42.5. The molecule has 8 atom stereocenters. The standard InChI is InChI=1S/C18H20O8/c19-15(20)11-6-1-2-7(3-6)13(11)18(25)26-10-5-8-4-9(10)14(17(23)24)12(8)16(21)22/h5-9,11-14H,1-4H2,(H,19,20)(H,21,22)(H,23,24). The first kappa shape index (κ1) is 17.1. The Hall–Kier alpha value is -2.38. The van der Waals surface area contributed by atoms with Crippen molar-refractivity contribution < 1.29 is 39.2 Å². The number of hydrogen-bond acceptors (Lipinski definition) is 5. The summed E-state index contributed by atoms with van der Waals surface area (Å²) >= 11 is 0. The second kappa shape index (κ2) is 5.82. The van der Waals surface area contributed by atoms with E-state index in [1.807, 2.05) is 0 Å². The van der Waals surface area contributed by atoms with Crippen LogP contribution in [0.4, 0.5) is 0 Å². The Kier molecular flexibility index (Phi) is 3.82. The predicted molar refractivity (Wildman–Crippen MR) is 83.5 cm³/mol. The number of carboxylic acid groups (broad SMARTS) is 3. The fourth-order valence-electron chi connectivity index (χ4n) is 5.84. The highest BCUT2D eigenvalue weighted by Gasteiger charge is 2.58. The van der Waals surface area contributed by atoms with E-state index in [-0.39, 0.29) is 17.6 Å². The van der Waals surface area contributed by atoms with Gasteiger partial charge in [-0.25, -0.2) is 0 Å². The van der Waals surface area contributed by atoms with Gasteiger partial charge in [-0.15, -0.1) is 0 Å². The summed E-state index contributed by atoms with van der Waals surface area (Å²) < 4.78 is 5.47. The third-order valence-corrected chi connectivity index (χ3v) is 6.81. The molecule has 0 amide bonds. The molecule has 26 heavy (non-hydrogen) atoms. The summed E-state index contributed by atoms with van der Waals surface area (Å²) in [4.78, 5) is 47.2. The highest BCUT2D eigenvalue weighted by atomic mass is 16.5. The molecule has 8 unspecified atom stereocenters. The maximum atomic E-state index is 12.7. The van der Waals surface area contributed by atoms with Gasteiger partial charge >= 0.3 is 23.9 Å². The Morgan fingerprint density at radius 2 is 1.38 bits per heavy atom. The Morgan fingerprint density at radius 1 is 0.808 bits per heavy atom. The molecule has 0 radical (unpaired) electrons. The first-order valence-electron chi connectivity index (χ1n) is 8.91. The van der Waals surface area contributed by atoms with Gasteiger partial charge in [-0.3, -0.25) is 19.2 Å². The molecule has 8 heteroatoms. The Labute approximate surface area is 148 Å². The maximum absolute atomic E-state index is 12.7. The number of allylic oxidation sites excluding steroid dienone is 2. The minimum atomic E-state index is -1.21. The van der Waals surface area contributed by atoms with E-state index in [1.165, 1.54) is 0 Å². The van der Waals surface area contributed by atoms with Gasteiger partial charge < -0.3 is 20.1 Å². The van der Waals surface area contributed by atoms with Crippen LogP contribution in [0.15, 0.2) is 11.8 Å². The van der Waals surface area contributed by atoms with Crippen molar-refractivity contribution in [3.05, 3.63) is 11.8 Å². The summed E-state index contributed by atoms with van der Waals surface area (Å²) in [6, 6.07) is 0. The summed E-state index contributed by atoms with van der Waals surface area (Å²) in [5, 5.41) is 28.2. The van der Waals surface area contributed by atoms with E-state index in [0.29, 0.717) is 12.8 Å². The van der Waals surface area contributed by atoms with E-state index < -0.39 is 59.4 Å². The van der Waals surface area contributed by atoms with E-state index in [2.05, 4.69) is 0 Å². The van der Waals surface area contributed by atoms with Crippen molar-refractivity contribution in [3.63, 3.8) is 0 Å². The van der Waals surface area contributed by atoms with Gasteiger partial charge in [0.1, 0.15) is 5.76 Å². The average molecular weight is 364 g/mol. The minimum Gasteiger partial charge on any atom is -0.481 e. The summed E-state index contributed by atoms with van der Waals surface area (Å²) in [6.45, 7) is 0. The van der Waals surface area contributed by atoms with E-state index >= 15 is 0 Å². The van der Waals surface area contributed by atoms with Crippen molar-refractivity contribution in [2.45, 2.75) is 25.7 Å². The molecule has 0 aromatic carbocycles. The first-order valence-corrected chi connectivity index (χ1v) is 8.91.